The molecule has 0 saturated carbocycles. The van der Waals surface area contributed by atoms with Crippen molar-refractivity contribution in [1.29, 1.82) is 0 Å². The molecule has 2 rings (SSSR count). The Kier molecular flexibility index (Phi) is 3.72. The van der Waals surface area contributed by atoms with Gasteiger partial charge in [-0.15, -0.1) is 0 Å². The monoisotopic (exact) mass is 304 g/mol. The van der Waals surface area contributed by atoms with E-state index in [1.165, 1.54) is 12.1 Å². The van der Waals surface area contributed by atoms with Crippen LogP contribution in [0.1, 0.15) is 0 Å². The number of aromatic nitrogens is 1. The highest BCUT2D eigenvalue weighted by Gasteiger charge is 2.17. The summed E-state index contributed by atoms with van der Waals surface area (Å²) in [6.45, 7) is 0. The Morgan fingerprint density at radius 2 is 2.06 bits per heavy atom. The number of anilines is 1. The molecule has 0 fully saturated rings. The summed E-state index contributed by atoms with van der Waals surface area (Å²) in [5.74, 6) is 0. The minimum atomic E-state index is -1.79. The van der Waals surface area contributed by atoms with Gasteiger partial charge in [0.15, 0.2) is 5.38 Å². The smallest absolute Gasteiger partial charge is 0.374 e. The van der Waals surface area contributed by atoms with Gasteiger partial charge >= 0.3 is 11.6 Å². The number of nitrogens with one attached hydrogen (secondary N) is 1. The van der Waals surface area contributed by atoms with Crippen molar-refractivity contribution in [3.8, 4) is 0 Å². The molecule has 0 saturated heterocycles. The summed E-state index contributed by atoms with van der Waals surface area (Å²) < 4.78 is 12.0. The van der Waals surface area contributed by atoms with E-state index >= 15 is 0 Å². The number of carbonyl (C=O) groups is 1. The first-order valence-corrected chi connectivity index (χ1v) is 6.60. The lowest BCUT2D eigenvalue weighted by molar-refractivity contribution is 0.254. The summed E-state index contributed by atoms with van der Waals surface area (Å²) in [7, 11) is -1.79. The fraction of sp³-hybridized carbons (Fsp3) is 0. The summed E-state index contributed by atoms with van der Waals surface area (Å²) in [4.78, 5) is 23.1. The van der Waals surface area contributed by atoms with E-state index in [-0.39, 0.29) is 10.7 Å². The molecule has 0 aliphatic heterocycles. The molecule has 1 amide bonds. The second kappa shape index (κ2) is 5.11. The molecule has 1 atom stereocenters. The van der Waals surface area contributed by atoms with E-state index in [0.717, 1.165) is 11.4 Å². The zero-order valence-corrected chi connectivity index (χ0v) is 11.1. The number of hydrogen-bond donors (Lipinski definition) is 1. The van der Waals surface area contributed by atoms with Gasteiger partial charge in [-0.05, 0) is 18.2 Å². The van der Waals surface area contributed by atoms with Crippen molar-refractivity contribution in [3.05, 3.63) is 50.0 Å². The predicted octanol–water partition coefficient (Wildman–Crippen LogP) is 2.96. The maximum absolute atomic E-state index is 11.8. The third-order valence-corrected chi connectivity index (χ3v) is 3.70. The highest BCUT2D eigenvalue weighted by molar-refractivity contribution is 7.19. The van der Waals surface area contributed by atoms with E-state index in [1.54, 1.807) is 6.07 Å². The number of halogens is 2. The lowest BCUT2D eigenvalue weighted by Gasteiger charge is -2.06. The van der Waals surface area contributed by atoms with Crippen LogP contribution in [0.15, 0.2) is 34.4 Å². The van der Waals surface area contributed by atoms with Gasteiger partial charge in [0.2, 0.25) is 0 Å². The first kappa shape index (κ1) is 13.1. The molecule has 1 heterocycles. The molecule has 1 N–H and O–H groups in total. The number of rotatable bonds is 1. The molecule has 2 aromatic rings. The number of amides is 1. The molecule has 5 nitrogen and oxygen atoms in total. The molecule has 0 aliphatic rings. The SMILES string of the molecule is O=C(Nc1cc(Cl)ccc1Cl)n1c(=O)cc[s+]1[O-]. The summed E-state index contributed by atoms with van der Waals surface area (Å²) in [5, 5.41) is 4.14. The molecular weight excluding hydrogens is 299 g/mol. The van der Waals surface area contributed by atoms with E-state index in [2.05, 4.69) is 5.32 Å². The molecule has 94 valence electrons. The van der Waals surface area contributed by atoms with Crippen LogP contribution in [-0.2, 0) is 0 Å². The maximum Gasteiger partial charge on any atom is 0.374 e. The lowest BCUT2D eigenvalue weighted by Crippen LogP contribution is -2.27. The van der Waals surface area contributed by atoms with Crippen molar-refractivity contribution in [2.45, 2.75) is 0 Å². The first-order valence-electron chi connectivity index (χ1n) is 4.68. The minimum Gasteiger partial charge on any atom is -0.570 e. The Morgan fingerprint density at radius 1 is 1.33 bits per heavy atom. The average Bonchev–Trinajstić information content (AvgIpc) is 2.63. The van der Waals surface area contributed by atoms with E-state index in [9.17, 15) is 14.1 Å². The van der Waals surface area contributed by atoms with Crippen LogP contribution >= 0.6 is 34.1 Å². The Morgan fingerprint density at radius 3 is 2.67 bits per heavy atom. The fourth-order valence-electron chi connectivity index (χ4n) is 1.27. The summed E-state index contributed by atoms with van der Waals surface area (Å²) in [5.41, 5.74) is -0.408. The summed E-state index contributed by atoms with van der Waals surface area (Å²) in [6, 6.07) is 4.72. The quantitative estimate of drug-likeness (QED) is 0.823. The first-order chi connectivity index (χ1) is 8.49. The van der Waals surface area contributed by atoms with E-state index < -0.39 is 22.5 Å². The standard InChI is InChI=1S/C10H6Cl2N2O3S/c11-6-1-2-7(12)8(5-6)13-10(16)14-9(15)3-4-18(14)17/h1-5H,(H,13,16). The van der Waals surface area contributed by atoms with Gasteiger partial charge in [0, 0.05) is 5.02 Å². The van der Waals surface area contributed by atoms with Crippen molar-refractivity contribution in [2.75, 3.05) is 5.32 Å². The van der Waals surface area contributed by atoms with Crippen molar-refractivity contribution in [2.24, 2.45) is 0 Å². The minimum absolute atomic E-state index is 0.242. The van der Waals surface area contributed by atoms with E-state index in [4.69, 9.17) is 23.2 Å². The molecule has 1 unspecified atom stereocenters. The van der Waals surface area contributed by atoms with Crippen molar-refractivity contribution >= 4 is 45.9 Å². The highest BCUT2D eigenvalue weighted by atomic mass is 35.5. The van der Waals surface area contributed by atoms with Crippen LogP contribution < -0.4 is 10.9 Å². The van der Waals surface area contributed by atoms with Gasteiger partial charge in [-0.25, -0.2) is 4.79 Å². The van der Waals surface area contributed by atoms with Gasteiger partial charge in [-0.2, -0.15) is 0 Å². The van der Waals surface area contributed by atoms with Crippen LogP contribution in [0.5, 0.6) is 0 Å². The molecule has 0 aliphatic carbocycles. The van der Waals surface area contributed by atoms with Crippen LogP contribution in [0.4, 0.5) is 10.5 Å². The Bertz CT molecular complexity index is 665. The fourth-order valence-corrected chi connectivity index (χ4v) is 2.41. The van der Waals surface area contributed by atoms with Gasteiger partial charge in [-0.1, -0.05) is 27.2 Å². The Hall–Kier alpha value is -1.34. The molecule has 8 heteroatoms. The Labute approximate surface area is 115 Å². The number of benzene rings is 1. The normalized spacial score (nSPS) is 11.4. The zero-order valence-electron chi connectivity index (χ0n) is 8.72. The molecule has 0 radical (unpaired) electrons. The highest BCUT2D eigenvalue weighted by Crippen LogP contribution is 2.25. The van der Waals surface area contributed by atoms with Crippen molar-refractivity contribution in [3.63, 3.8) is 0 Å². The lowest BCUT2D eigenvalue weighted by atomic mass is 10.3. The molecule has 0 bridgehead atoms. The maximum atomic E-state index is 11.8. The van der Waals surface area contributed by atoms with Crippen molar-refractivity contribution < 1.29 is 9.35 Å². The van der Waals surface area contributed by atoms with Crippen LogP contribution in [0.2, 0.25) is 10.0 Å². The third-order valence-electron chi connectivity index (χ3n) is 2.06. The van der Waals surface area contributed by atoms with Gasteiger partial charge in [0.1, 0.15) is 0 Å². The molecule has 0 spiro atoms. The summed E-state index contributed by atoms with van der Waals surface area (Å²) in [6.07, 6.45) is 0. The third kappa shape index (κ3) is 2.56. The zero-order chi connectivity index (χ0) is 13.3. The van der Waals surface area contributed by atoms with Crippen molar-refractivity contribution in [1.82, 2.24) is 3.96 Å². The predicted molar refractivity (Wildman–Crippen MR) is 70.2 cm³/mol. The molecule has 18 heavy (non-hydrogen) atoms. The van der Waals surface area contributed by atoms with Crippen LogP contribution in [-0.4, -0.2) is 14.5 Å². The number of nitrogens with zero attached hydrogens (tertiary/aromatic N) is 1. The van der Waals surface area contributed by atoms with Crippen LogP contribution in [0, 0.1) is 0 Å². The van der Waals surface area contributed by atoms with Crippen LogP contribution in [0.3, 0.4) is 0 Å². The number of hydrogen-bond acceptors (Lipinski definition) is 3. The molecule has 1 aromatic heterocycles. The molecular formula is C10H6Cl2N2O3S. The number of carbonyl (C=O) groups excluding carboxylic acids is 1. The summed E-state index contributed by atoms with van der Waals surface area (Å²) >= 11 is 11.6. The van der Waals surface area contributed by atoms with E-state index in [0.29, 0.717) is 8.98 Å². The second-order valence-corrected chi connectivity index (χ2v) is 5.30. The average molecular weight is 305 g/mol. The molecule has 1 aromatic carbocycles. The van der Waals surface area contributed by atoms with Gasteiger partial charge < -0.3 is 9.87 Å². The van der Waals surface area contributed by atoms with Gasteiger partial charge in [0.05, 0.1) is 27.7 Å². The van der Waals surface area contributed by atoms with Crippen LogP contribution in [0.25, 0.3) is 0 Å². The topological polar surface area (TPSA) is 74.2 Å². The second-order valence-electron chi connectivity index (χ2n) is 3.27. The van der Waals surface area contributed by atoms with E-state index in [1.807, 2.05) is 0 Å². The largest absolute Gasteiger partial charge is 0.570 e. The van der Waals surface area contributed by atoms with Gasteiger partial charge in [-0.3, -0.25) is 4.79 Å². The van der Waals surface area contributed by atoms with Gasteiger partial charge in [0.25, 0.3) is 0 Å². The Balaban J connectivity index is 2.32.